The Morgan fingerprint density at radius 2 is 1.80 bits per heavy atom. The lowest BCUT2D eigenvalue weighted by Gasteiger charge is -2.20. The van der Waals surface area contributed by atoms with Gasteiger partial charge in [-0.2, -0.15) is 0 Å². The summed E-state index contributed by atoms with van der Waals surface area (Å²) in [7, 11) is -2.66. The number of nitrogen functional groups attached to an aromatic ring is 1. The van der Waals surface area contributed by atoms with Crippen molar-refractivity contribution in [3.05, 3.63) is 52.8 Å². The Bertz CT molecular complexity index is 736. The second kappa shape index (κ2) is 5.41. The average Bonchev–Trinajstić information content (AvgIpc) is 2.42. The molecular formula is C13H12BrFN2O2S. The van der Waals surface area contributed by atoms with Crippen LogP contribution in [-0.2, 0) is 10.0 Å². The first-order valence-corrected chi connectivity index (χ1v) is 7.86. The van der Waals surface area contributed by atoms with Crippen LogP contribution in [0.5, 0.6) is 0 Å². The Morgan fingerprint density at radius 3 is 2.40 bits per heavy atom. The average molecular weight is 359 g/mol. The third-order valence-electron chi connectivity index (χ3n) is 2.78. The number of hydrogen-bond donors (Lipinski definition) is 1. The summed E-state index contributed by atoms with van der Waals surface area (Å²) in [4.78, 5) is -0.462. The fraction of sp³-hybridized carbons (Fsp3) is 0.0769. The van der Waals surface area contributed by atoms with Crippen molar-refractivity contribution in [2.45, 2.75) is 4.90 Å². The molecule has 7 heteroatoms. The molecule has 0 aliphatic carbocycles. The fourth-order valence-corrected chi connectivity index (χ4v) is 3.62. The van der Waals surface area contributed by atoms with Gasteiger partial charge in [-0.15, -0.1) is 0 Å². The molecular weight excluding hydrogens is 347 g/mol. The Kier molecular flexibility index (Phi) is 4.01. The standard InChI is InChI=1S/C13H12BrFN2O2S/c1-17(10-5-3-2-4-6-10)20(18,19)12-8-9(16)7-11(14)13(12)15/h2-8H,16H2,1H3. The molecule has 0 unspecified atom stereocenters. The SMILES string of the molecule is CN(c1ccccc1)S(=O)(=O)c1cc(N)cc(Br)c1F. The number of rotatable bonds is 3. The van der Waals surface area contributed by atoms with Crippen LogP contribution in [-0.4, -0.2) is 15.5 Å². The second-order valence-electron chi connectivity index (χ2n) is 4.12. The molecule has 2 aromatic rings. The van der Waals surface area contributed by atoms with Gasteiger partial charge >= 0.3 is 0 Å². The van der Waals surface area contributed by atoms with Crippen LogP contribution < -0.4 is 10.0 Å². The highest BCUT2D eigenvalue weighted by Gasteiger charge is 2.26. The quantitative estimate of drug-likeness (QED) is 0.857. The van der Waals surface area contributed by atoms with E-state index in [9.17, 15) is 12.8 Å². The van der Waals surface area contributed by atoms with E-state index in [1.807, 2.05) is 0 Å². The van der Waals surface area contributed by atoms with Gasteiger partial charge in [0, 0.05) is 12.7 Å². The third kappa shape index (κ3) is 2.64. The zero-order valence-electron chi connectivity index (χ0n) is 10.5. The monoisotopic (exact) mass is 358 g/mol. The molecule has 0 radical (unpaired) electrons. The van der Waals surface area contributed by atoms with Gasteiger partial charge in [0.05, 0.1) is 10.2 Å². The minimum atomic E-state index is -4.02. The van der Waals surface area contributed by atoms with Gasteiger partial charge in [0.25, 0.3) is 10.0 Å². The fourth-order valence-electron chi connectivity index (χ4n) is 1.70. The molecule has 106 valence electrons. The highest BCUT2D eigenvalue weighted by Crippen LogP contribution is 2.29. The normalized spacial score (nSPS) is 11.3. The van der Waals surface area contributed by atoms with E-state index in [4.69, 9.17) is 5.73 Å². The Labute approximate surface area is 125 Å². The molecule has 0 amide bonds. The zero-order valence-corrected chi connectivity index (χ0v) is 12.9. The second-order valence-corrected chi connectivity index (χ2v) is 6.91. The van der Waals surface area contributed by atoms with E-state index in [1.54, 1.807) is 30.3 Å². The molecule has 0 saturated heterocycles. The molecule has 2 rings (SSSR count). The molecule has 0 atom stereocenters. The minimum absolute atomic E-state index is 0.0116. The van der Waals surface area contributed by atoms with Crippen LogP contribution >= 0.6 is 15.9 Å². The molecule has 20 heavy (non-hydrogen) atoms. The number of para-hydroxylation sites is 1. The van der Waals surface area contributed by atoms with E-state index >= 15 is 0 Å². The molecule has 0 aromatic heterocycles. The van der Waals surface area contributed by atoms with Gasteiger partial charge in [-0.1, -0.05) is 18.2 Å². The van der Waals surface area contributed by atoms with Gasteiger partial charge in [-0.3, -0.25) is 4.31 Å². The van der Waals surface area contributed by atoms with E-state index in [0.717, 1.165) is 10.4 Å². The molecule has 0 spiro atoms. The van der Waals surface area contributed by atoms with Crippen LogP contribution in [0.3, 0.4) is 0 Å². The molecule has 2 N–H and O–H groups in total. The third-order valence-corrected chi connectivity index (χ3v) is 5.14. The molecule has 0 aliphatic heterocycles. The van der Waals surface area contributed by atoms with Gasteiger partial charge in [-0.25, -0.2) is 12.8 Å². The number of sulfonamides is 1. The number of nitrogens with zero attached hydrogens (tertiary/aromatic N) is 1. The van der Waals surface area contributed by atoms with E-state index in [0.29, 0.717) is 5.69 Å². The van der Waals surface area contributed by atoms with Crippen LogP contribution in [0, 0.1) is 5.82 Å². The van der Waals surface area contributed by atoms with Gasteiger partial charge in [0.15, 0.2) is 5.82 Å². The van der Waals surface area contributed by atoms with E-state index < -0.39 is 20.7 Å². The number of halogens is 2. The lowest BCUT2D eigenvalue weighted by atomic mass is 10.3. The molecule has 2 aromatic carbocycles. The highest BCUT2D eigenvalue weighted by atomic mass is 79.9. The molecule has 0 bridgehead atoms. The summed E-state index contributed by atoms with van der Waals surface area (Å²) in [5.41, 5.74) is 6.18. The van der Waals surface area contributed by atoms with Crippen LogP contribution in [0.15, 0.2) is 51.8 Å². The van der Waals surface area contributed by atoms with Crippen molar-refractivity contribution in [2.24, 2.45) is 0 Å². The Balaban J connectivity index is 2.57. The summed E-state index contributed by atoms with van der Waals surface area (Å²) < 4.78 is 40.0. The zero-order chi connectivity index (χ0) is 14.9. The van der Waals surface area contributed by atoms with Crippen molar-refractivity contribution in [1.82, 2.24) is 0 Å². The molecule has 0 fully saturated rings. The summed E-state index contributed by atoms with van der Waals surface area (Å²) in [5, 5.41) is 0. The van der Waals surface area contributed by atoms with Crippen LogP contribution in [0.2, 0.25) is 0 Å². The Morgan fingerprint density at radius 1 is 1.20 bits per heavy atom. The van der Waals surface area contributed by atoms with Crippen LogP contribution in [0.4, 0.5) is 15.8 Å². The summed E-state index contributed by atoms with van der Waals surface area (Å²) in [6.45, 7) is 0. The van der Waals surface area contributed by atoms with Gasteiger partial charge < -0.3 is 5.73 Å². The van der Waals surface area contributed by atoms with Crippen molar-refractivity contribution in [3.8, 4) is 0 Å². The predicted molar refractivity (Wildman–Crippen MR) is 80.5 cm³/mol. The molecule has 4 nitrogen and oxygen atoms in total. The molecule has 0 saturated carbocycles. The van der Waals surface area contributed by atoms with E-state index in [2.05, 4.69) is 15.9 Å². The first kappa shape index (κ1) is 14.8. The summed E-state index contributed by atoms with van der Waals surface area (Å²) in [6, 6.07) is 10.8. The highest BCUT2D eigenvalue weighted by molar-refractivity contribution is 9.10. The number of hydrogen-bond acceptors (Lipinski definition) is 3. The summed E-state index contributed by atoms with van der Waals surface area (Å²) in [6.07, 6.45) is 0. The van der Waals surface area contributed by atoms with Crippen molar-refractivity contribution < 1.29 is 12.8 Å². The largest absolute Gasteiger partial charge is 0.399 e. The first-order chi connectivity index (χ1) is 9.34. The van der Waals surface area contributed by atoms with Crippen LogP contribution in [0.1, 0.15) is 0 Å². The summed E-state index contributed by atoms with van der Waals surface area (Å²) in [5.74, 6) is -0.859. The molecule has 0 aliphatic rings. The lowest BCUT2D eigenvalue weighted by Crippen LogP contribution is -2.27. The van der Waals surface area contributed by atoms with Crippen molar-refractivity contribution in [3.63, 3.8) is 0 Å². The number of anilines is 2. The lowest BCUT2D eigenvalue weighted by molar-refractivity contribution is 0.562. The minimum Gasteiger partial charge on any atom is -0.399 e. The topological polar surface area (TPSA) is 63.4 Å². The number of benzene rings is 2. The maximum atomic E-state index is 14.0. The first-order valence-electron chi connectivity index (χ1n) is 5.62. The van der Waals surface area contributed by atoms with Gasteiger partial charge in [0.1, 0.15) is 4.90 Å². The van der Waals surface area contributed by atoms with Gasteiger partial charge in [-0.05, 0) is 40.2 Å². The van der Waals surface area contributed by atoms with E-state index in [-0.39, 0.29) is 10.2 Å². The predicted octanol–water partition coefficient (Wildman–Crippen LogP) is 3.00. The van der Waals surface area contributed by atoms with Crippen molar-refractivity contribution >= 4 is 37.3 Å². The maximum Gasteiger partial charge on any atom is 0.267 e. The number of nitrogens with two attached hydrogens (primary N) is 1. The van der Waals surface area contributed by atoms with Crippen LogP contribution in [0.25, 0.3) is 0 Å². The van der Waals surface area contributed by atoms with Gasteiger partial charge in [0.2, 0.25) is 0 Å². The van der Waals surface area contributed by atoms with Crippen molar-refractivity contribution in [2.75, 3.05) is 17.1 Å². The van der Waals surface area contributed by atoms with Crippen molar-refractivity contribution in [1.29, 1.82) is 0 Å². The van der Waals surface area contributed by atoms with E-state index in [1.165, 1.54) is 13.1 Å². The molecule has 0 heterocycles. The maximum absolute atomic E-state index is 14.0. The summed E-state index contributed by atoms with van der Waals surface area (Å²) >= 11 is 2.96. The smallest absolute Gasteiger partial charge is 0.267 e. The Hall–Kier alpha value is -1.60.